The van der Waals surface area contributed by atoms with Crippen LogP contribution >= 0.6 is 23.1 Å². The van der Waals surface area contributed by atoms with Gasteiger partial charge >= 0.3 is 0 Å². The lowest BCUT2D eigenvalue weighted by Gasteiger charge is -2.14. The van der Waals surface area contributed by atoms with E-state index in [0.29, 0.717) is 33.3 Å². The third kappa shape index (κ3) is 5.77. The second-order valence-electron chi connectivity index (χ2n) is 5.95. The summed E-state index contributed by atoms with van der Waals surface area (Å²) in [5.41, 5.74) is 1.73. The van der Waals surface area contributed by atoms with E-state index < -0.39 is 0 Å². The molecular formula is C20H22N4O4S2. The first-order chi connectivity index (χ1) is 14.6. The lowest BCUT2D eigenvalue weighted by molar-refractivity contribution is -0.118. The van der Waals surface area contributed by atoms with Gasteiger partial charge in [0.2, 0.25) is 11.0 Å². The molecule has 1 amide bonds. The van der Waals surface area contributed by atoms with Crippen molar-refractivity contribution in [2.45, 2.75) is 10.9 Å². The van der Waals surface area contributed by atoms with Gasteiger partial charge in [0.05, 0.1) is 27.1 Å². The van der Waals surface area contributed by atoms with Crippen molar-refractivity contribution in [2.24, 2.45) is 0 Å². The number of hydrogen-bond donors (Lipinski definition) is 2. The topological polar surface area (TPSA) is 94.6 Å². The minimum atomic E-state index is -0.121. The Morgan fingerprint density at radius 1 is 1.00 bits per heavy atom. The number of benzene rings is 2. The van der Waals surface area contributed by atoms with Crippen LogP contribution in [0.4, 0.5) is 10.8 Å². The predicted octanol–water partition coefficient (Wildman–Crippen LogP) is 3.72. The number of nitrogens with zero attached hydrogens (tertiary/aromatic N) is 2. The van der Waals surface area contributed by atoms with Crippen molar-refractivity contribution in [3.63, 3.8) is 0 Å². The smallest absolute Gasteiger partial charge is 0.230 e. The van der Waals surface area contributed by atoms with Crippen LogP contribution in [0.2, 0.25) is 0 Å². The summed E-state index contributed by atoms with van der Waals surface area (Å²) in [7, 11) is 4.69. The molecular weight excluding hydrogens is 424 g/mol. The number of aromatic nitrogens is 2. The van der Waals surface area contributed by atoms with Crippen LogP contribution in [0.15, 0.2) is 46.8 Å². The Balaban J connectivity index is 1.52. The third-order valence-electron chi connectivity index (χ3n) is 4.02. The Morgan fingerprint density at radius 2 is 1.70 bits per heavy atom. The third-order valence-corrected chi connectivity index (χ3v) is 5.99. The van der Waals surface area contributed by atoms with Crippen molar-refractivity contribution in [2.75, 3.05) is 32.4 Å². The van der Waals surface area contributed by atoms with Gasteiger partial charge in [0, 0.05) is 23.9 Å². The summed E-state index contributed by atoms with van der Waals surface area (Å²) in [6, 6.07) is 13.2. The molecule has 0 fully saturated rings. The number of anilines is 2. The highest BCUT2D eigenvalue weighted by Gasteiger charge is 2.13. The lowest BCUT2D eigenvalue weighted by Crippen LogP contribution is -2.24. The molecule has 0 atom stereocenters. The average molecular weight is 447 g/mol. The van der Waals surface area contributed by atoms with Crippen molar-refractivity contribution >= 4 is 39.8 Å². The van der Waals surface area contributed by atoms with Gasteiger partial charge in [0.15, 0.2) is 15.8 Å². The Kier molecular flexibility index (Phi) is 7.75. The molecule has 0 aliphatic carbocycles. The standard InChI is InChI=1S/C20H22N4O4S2/c1-26-15-10-17(28-3)16(27-2)9-13(15)11-21-18(25)12-29-20-24-23-19(30-20)22-14-7-5-4-6-8-14/h4-10H,11-12H2,1-3H3,(H,21,25)(H,22,23). The summed E-state index contributed by atoms with van der Waals surface area (Å²) >= 11 is 2.73. The monoisotopic (exact) mass is 446 g/mol. The molecule has 158 valence electrons. The molecule has 0 unspecified atom stereocenters. The molecule has 8 nitrogen and oxygen atoms in total. The van der Waals surface area contributed by atoms with Gasteiger partial charge in [-0.25, -0.2) is 0 Å². The second kappa shape index (κ2) is 10.7. The Hall–Kier alpha value is -2.98. The molecule has 0 saturated heterocycles. The molecule has 0 aliphatic heterocycles. The molecule has 0 aliphatic rings. The largest absolute Gasteiger partial charge is 0.496 e. The van der Waals surface area contributed by atoms with Gasteiger partial charge in [-0.2, -0.15) is 0 Å². The molecule has 0 radical (unpaired) electrons. The average Bonchev–Trinajstić information content (AvgIpc) is 3.23. The molecule has 3 aromatic rings. The molecule has 2 N–H and O–H groups in total. The van der Waals surface area contributed by atoms with E-state index >= 15 is 0 Å². The van der Waals surface area contributed by atoms with Gasteiger partial charge in [-0.15, -0.1) is 10.2 Å². The van der Waals surface area contributed by atoms with Gasteiger partial charge in [-0.1, -0.05) is 41.3 Å². The van der Waals surface area contributed by atoms with E-state index in [2.05, 4.69) is 20.8 Å². The van der Waals surface area contributed by atoms with Crippen LogP contribution in [-0.4, -0.2) is 43.2 Å². The number of hydrogen-bond acceptors (Lipinski definition) is 9. The molecule has 0 bridgehead atoms. The van der Waals surface area contributed by atoms with Gasteiger partial charge < -0.3 is 24.8 Å². The fraction of sp³-hybridized carbons (Fsp3) is 0.250. The van der Waals surface area contributed by atoms with E-state index in [0.717, 1.165) is 11.3 Å². The van der Waals surface area contributed by atoms with Crippen molar-refractivity contribution < 1.29 is 19.0 Å². The molecule has 3 rings (SSSR count). The van der Waals surface area contributed by atoms with Crippen molar-refractivity contribution in [1.29, 1.82) is 0 Å². The number of carbonyl (C=O) groups is 1. The number of carbonyl (C=O) groups excluding carboxylic acids is 1. The highest BCUT2D eigenvalue weighted by Crippen LogP contribution is 2.34. The summed E-state index contributed by atoms with van der Waals surface area (Å²) < 4.78 is 16.7. The maximum absolute atomic E-state index is 12.3. The molecule has 1 aromatic heterocycles. The van der Waals surface area contributed by atoms with E-state index in [1.807, 2.05) is 30.3 Å². The van der Waals surface area contributed by atoms with Crippen LogP contribution in [0.1, 0.15) is 5.56 Å². The number of ether oxygens (including phenoxy) is 3. The van der Waals surface area contributed by atoms with E-state index in [9.17, 15) is 4.79 Å². The Bertz CT molecular complexity index is 982. The second-order valence-corrected chi connectivity index (χ2v) is 8.15. The van der Waals surface area contributed by atoms with Crippen LogP contribution in [0.25, 0.3) is 0 Å². The number of amides is 1. The molecule has 0 saturated carbocycles. The van der Waals surface area contributed by atoms with Gasteiger partial charge in [-0.05, 0) is 18.2 Å². The predicted molar refractivity (Wildman–Crippen MR) is 118 cm³/mol. The first-order valence-corrected chi connectivity index (χ1v) is 10.8. The van der Waals surface area contributed by atoms with E-state index in [1.165, 1.54) is 23.1 Å². The molecule has 10 heteroatoms. The Labute approximate surface area is 183 Å². The molecule has 2 aromatic carbocycles. The fourth-order valence-corrected chi connectivity index (χ4v) is 4.17. The van der Waals surface area contributed by atoms with Gasteiger partial charge in [0.1, 0.15) is 5.75 Å². The van der Waals surface area contributed by atoms with Crippen LogP contribution in [0.5, 0.6) is 17.2 Å². The summed E-state index contributed by atoms with van der Waals surface area (Å²) in [6.45, 7) is 0.305. The van der Waals surface area contributed by atoms with Crippen molar-refractivity contribution in [1.82, 2.24) is 15.5 Å². The summed E-state index contributed by atoms with van der Waals surface area (Å²) in [4.78, 5) is 12.3. The minimum Gasteiger partial charge on any atom is -0.496 e. The fourth-order valence-electron chi connectivity index (χ4n) is 2.57. The normalized spacial score (nSPS) is 10.4. The summed E-state index contributed by atoms with van der Waals surface area (Å²) in [6.07, 6.45) is 0. The summed E-state index contributed by atoms with van der Waals surface area (Å²) in [5.74, 6) is 1.86. The quantitative estimate of drug-likeness (QED) is 0.455. The van der Waals surface area contributed by atoms with Crippen LogP contribution in [-0.2, 0) is 11.3 Å². The van der Waals surface area contributed by atoms with Crippen molar-refractivity contribution in [3.8, 4) is 17.2 Å². The zero-order valence-corrected chi connectivity index (χ0v) is 18.4. The highest BCUT2D eigenvalue weighted by molar-refractivity contribution is 8.01. The van der Waals surface area contributed by atoms with E-state index in [1.54, 1.807) is 33.5 Å². The van der Waals surface area contributed by atoms with E-state index in [4.69, 9.17) is 14.2 Å². The maximum Gasteiger partial charge on any atom is 0.230 e. The molecule has 30 heavy (non-hydrogen) atoms. The number of para-hydroxylation sites is 1. The van der Waals surface area contributed by atoms with E-state index in [-0.39, 0.29) is 11.7 Å². The highest BCUT2D eigenvalue weighted by atomic mass is 32.2. The zero-order valence-electron chi connectivity index (χ0n) is 16.8. The first-order valence-electron chi connectivity index (χ1n) is 8.97. The SMILES string of the molecule is COc1cc(OC)c(OC)cc1CNC(=O)CSc1nnc(Nc2ccccc2)s1. The minimum absolute atomic E-state index is 0.121. The van der Waals surface area contributed by atoms with Crippen molar-refractivity contribution in [3.05, 3.63) is 48.0 Å². The number of thioether (sulfide) groups is 1. The van der Waals surface area contributed by atoms with Crippen LogP contribution in [0.3, 0.4) is 0 Å². The van der Waals surface area contributed by atoms with Crippen LogP contribution in [0, 0.1) is 0 Å². The molecule has 1 heterocycles. The van der Waals surface area contributed by atoms with Crippen LogP contribution < -0.4 is 24.8 Å². The summed E-state index contributed by atoms with van der Waals surface area (Å²) in [5, 5.41) is 15.0. The number of methoxy groups -OCH3 is 3. The number of nitrogens with one attached hydrogen (secondary N) is 2. The lowest BCUT2D eigenvalue weighted by atomic mass is 10.1. The maximum atomic E-state index is 12.3. The molecule has 0 spiro atoms. The number of rotatable bonds is 10. The Morgan fingerprint density at radius 3 is 2.40 bits per heavy atom. The van der Waals surface area contributed by atoms with Gasteiger partial charge in [-0.3, -0.25) is 4.79 Å². The van der Waals surface area contributed by atoms with Gasteiger partial charge in [0.25, 0.3) is 0 Å². The zero-order chi connectivity index (χ0) is 21.3. The first kappa shape index (κ1) is 21.7.